The van der Waals surface area contributed by atoms with E-state index >= 15 is 0 Å². The van der Waals surface area contributed by atoms with Gasteiger partial charge in [0.25, 0.3) is 0 Å². The van der Waals surface area contributed by atoms with Gasteiger partial charge >= 0.3 is 6.18 Å². The van der Waals surface area contributed by atoms with Gasteiger partial charge in [0, 0.05) is 24.3 Å². The van der Waals surface area contributed by atoms with Gasteiger partial charge in [-0.1, -0.05) is 6.92 Å². The summed E-state index contributed by atoms with van der Waals surface area (Å²) in [4.78, 5) is 28.0. The van der Waals surface area contributed by atoms with Gasteiger partial charge in [0.05, 0.1) is 0 Å². The van der Waals surface area contributed by atoms with Crippen molar-refractivity contribution < 1.29 is 32.6 Å². The average Bonchev–Trinajstić information content (AvgIpc) is 2.49. The lowest BCUT2D eigenvalue weighted by Crippen LogP contribution is -2.39. The molecule has 8 heteroatoms. The zero-order chi connectivity index (χ0) is 18.2. The minimum atomic E-state index is -4.63. The maximum atomic E-state index is 12.7. The first-order valence-corrected chi connectivity index (χ1v) is 7.17. The first-order valence-electron chi connectivity index (χ1n) is 7.17. The maximum Gasteiger partial charge on any atom is 0.433 e. The number of rotatable bonds is 2. The van der Waals surface area contributed by atoms with E-state index in [1.807, 2.05) is 0 Å². The van der Waals surface area contributed by atoms with Crippen molar-refractivity contribution in [1.29, 1.82) is 0 Å². The highest BCUT2D eigenvalue weighted by Crippen LogP contribution is 2.32. The molecule has 2 rings (SSSR count). The molecule has 130 valence electrons. The Morgan fingerprint density at radius 1 is 1.29 bits per heavy atom. The molecule has 0 aromatic carbocycles. The molecule has 0 amide bonds. The first kappa shape index (κ1) is 18.1. The number of halogens is 3. The smallest absolute Gasteiger partial charge is 0.433 e. The molecular formula is C16H16F3NO4. The highest BCUT2D eigenvalue weighted by Gasteiger charge is 2.40. The summed E-state index contributed by atoms with van der Waals surface area (Å²) in [5.74, 6) is -2.47. The molecule has 1 aromatic rings. The Morgan fingerprint density at radius 3 is 2.42 bits per heavy atom. The molecule has 0 aliphatic heterocycles. The number of Topliss-reactive ketones (excluding diaryl/α,β-unsaturated/α-hetero) is 2. The van der Waals surface area contributed by atoms with Crippen molar-refractivity contribution in [3.8, 4) is 0 Å². The number of hydrogen-bond acceptors (Lipinski definition) is 5. The lowest BCUT2D eigenvalue weighted by molar-refractivity contribution is -0.141. The van der Waals surface area contributed by atoms with E-state index in [2.05, 4.69) is 4.98 Å². The Morgan fingerprint density at radius 2 is 1.92 bits per heavy atom. The number of aryl methyl sites for hydroxylation is 1. The summed E-state index contributed by atoms with van der Waals surface area (Å²) >= 11 is 0. The molecule has 1 heterocycles. The molecule has 1 saturated carbocycles. The van der Waals surface area contributed by atoms with E-state index in [0.717, 1.165) is 6.07 Å². The molecule has 1 aromatic heterocycles. The molecule has 1 aliphatic carbocycles. The largest absolute Gasteiger partial charge is 0.506 e. The van der Waals surface area contributed by atoms with E-state index in [0.29, 0.717) is 6.07 Å². The van der Waals surface area contributed by atoms with Gasteiger partial charge in [-0.3, -0.25) is 9.59 Å². The van der Waals surface area contributed by atoms with Crippen molar-refractivity contribution in [3.05, 3.63) is 34.7 Å². The van der Waals surface area contributed by atoms with E-state index in [9.17, 15) is 27.9 Å². The monoisotopic (exact) mass is 343 g/mol. The number of aliphatic hydroxyl groups is 1. The number of aromatic nitrogens is 1. The van der Waals surface area contributed by atoms with Crippen LogP contribution < -0.4 is 0 Å². The summed E-state index contributed by atoms with van der Waals surface area (Å²) in [6, 6.07) is 1.68. The van der Waals surface area contributed by atoms with Crippen LogP contribution in [0.2, 0.25) is 0 Å². The Bertz CT molecular complexity index is 725. The summed E-state index contributed by atoms with van der Waals surface area (Å²) in [5.41, 5.74) is -1.80. The molecule has 5 nitrogen and oxygen atoms in total. The Kier molecular flexibility index (Phi) is 4.80. The molecule has 0 radical (unpaired) electrons. The molecule has 0 spiro atoms. The zero-order valence-electron chi connectivity index (χ0n) is 13.3. The molecule has 2 atom stereocenters. The van der Waals surface area contributed by atoms with Crippen molar-refractivity contribution in [3.63, 3.8) is 0 Å². The van der Waals surface area contributed by atoms with Crippen LogP contribution in [0.1, 0.15) is 30.3 Å². The fraction of sp³-hybridized carbons (Fsp3) is 0.438. The number of ether oxygens (including phenoxy) is 1. The number of nitrogens with zero attached hydrogens (tertiary/aromatic N) is 1. The SMILES string of the molecule is COC1CC(C)C(=O)/C(=C(/O)c2ccc(C(F)(F)F)nc2C)C1=O. The summed E-state index contributed by atoms with van der Waals surface area (Å²) < 4.78 is 43.0. The Labute approximate surface area is 136 Å². The quantitative estimate of drug-likeness (QED) is 0.508. The van der Waals surface area contributed by atoms with E-state index in [-0.39, 0.29) is 17.7 Å². The highest BCUT2D eigenvalue weighted by molar-refractivity contribution is 6.27. The van der Waals surface area contributed by atoms with Gasteiger partial charge in [0.15, 0.2) is 11.6 Å². The molecule has 1 N–H and O–H groups in total. The lowest BCUT2D eigenvalue weighted by Gasteiger charge is -2.26. The molecule has 0 bridgehead atoms. The normalized spacial score (nSPS) is 24.2. The van der Waals surface area contributed by atoms with Crippen molar-refractivity contribution in [2.75, 3.05) is 7.11 Å². The van der Waals surface area contributed by atoms with Crippen LogP contribution in [0.4, 0.5) is 13.2 Å². The van der Waals surface area contributed by atoms with Gasteiger partial charge in [-0.15, -0.1) is 0 Å². The van der Waals surface area contributed by atoms with Crippen LogP contribution in [0.3, 0.4) is 0 Å². The lowest BCUT2D eigenvalue weighted by atomic mass is 9.81. The van der Waals surface area contributed by atoms with Crippen molar-refractivity contribution in [1.82, 2.24) is 4.98 Å². The molecule has 1 aliphatic rings. The fourth-order valence-electron chi connectivity index (χ4n) is 2.60. The number of carbonyl (C=O) groups is 2. The summed E-state index contributed by atoms with van der Waals surface area (Å²) in [7, 11) is 1.31. The fourth-order valence-corrected chi connectivity index (χ4v) is 2.60. The first-order chi connectivity index (χ1) is 11.1. The van der Waals surface area contributed by atoms with Gasteiger partial charge in [-0.25, -0.2) is 4.98 Å². The highest BCUT2D eigenvalue weighted by atomic mass is 19.4. The second kappa shape index (κ2) is 6.35. The number of hydrogen-bond donors (Lipinski definition) is 1. The van der Waals surface area contributed by atoms with Crippen LogP contribution in [0.25, 0.3) is 5.76 Å². The van der Waals surface area contributed by atoms with Crippen molar-refractivity contribution in [2.45, 2.75) is 32.5 Å². The standard InChI is InChI=1S/C16H16F3NO4/c1-7-6-10(24-3)15(23)12(13(7)21)14(22)9-4-5-11(16(17,18)19)20-8(9)2/h4-5,7,10,22H,6H2,1-3H3/b14-12-. The topological polar surface area (TPSA) is 76.5 Å². The van der Waals surface area contributed by atoms with Crippen LogP contribution in [0, 0.1) is 12.8 Å². The van der Waals surface area contributed by atoms with E-state index in [4.69, 9.17) is 4.74 Å². The van der Waals surface area contributed by atoms with Crippen LogP contribution >= 0.6 is 0 Å². The average molecular weight is 343 g/mol. The maximum absolute atomic E-state index is 12.7. The van der Waals surface area contributed by atoms with Gasteiger partial charge in [0.1, 0.15) is 23.1 Å². The third-order valence-corrected chi connectivity index (χ3v) is 3.95. The van der Waals surface area contributed by atoms with Crippen LogP contribution in [-0.4, -0.2) is 34.9 Å². The molecule has 24 heavy (non-hydrogen) atoms. The zero-order valence-corrected chi connectivity index (χ0v) is 13.3. The number of pyridine rings is 1. The predicted molar refractivity (Wildman–Crippen MR) is 78.1 cm³/mol. The summed E-state index contributed by atoms with van der Waals surface area (Å²) in [6.07, 6.45) is -5.31. The number of alkyl halides is 3. The molecule has 1 fully saturated rings. The molecular weight excluding hydrogens is 327 g/mol. The minimum absolute atomic E-state index is 0.0938. The van der Waals surface area contributed by atoms with Crippen molar-refractivity contribution >= 4 is 17.3 Å². The van der Waals surface area contributed by atoms with Crippen LogP contribution in [-0.2, 0) is 20.5 Å². The third-order valence-electron chi connectivity index (χ3n) is 3.95. The van der Waals surface area contributed by atoms with E-state index in [1.165, 1.54) is 14.0 Å². The van der Waals surface area contributed by atoms with Gasteiger partial charge in [-0.05, 0) is 25.5 Å². The number of ketones is 2. The molecule has 0 saturated heterocycles. The summed E-state index contributed by atoms with van der Waals surface area (Å²) in [6.45, 7) is 2.85. The van der Waals surface area contributed by atoms with Crippen LogP contribution in [0.15, 0.2) is 17.7 Å². The minimum Gasteiger partial charge on any atom is -0.506 e. The van der Waals surface area contributed by atoms with Crippen molar-refractivity contribution in [2.24, 2.45) is 5.92 Å². The predicted octanol–water partition coefficient (Wildman–Crippen LogP) is 2.87. The Hall–Kier alpha value is -2.22. The second-order valence-electron chi connectivity index (χ2n) is 5.64. The third kappa shape index (κ3) is 3.19. The number of methoxy groups -OCH3 is 1. The number of aliphatic hydroxyl groups excluding tert-OH is 1. The molecule has 2 unspecified atom stereocenters. The Balaban J connectivity index is 2.56. The van der Waals surface area contributed by atoms with Gasteiger partial charge < -0.3 is 9.84 Å². The van der Waals surface area contributed by atoms with E-state index < -0.39 is 46.8 Å². The second-order valence-corrected chi connectivity index (χ2v) is 5.64. The van der Waals surface area contributed by atoms with Gasteiger partial charge in [-0.2, -0.15) is 13.2 Å². The van der Waals surface area contributed by atoms with E-state index in [1.54, 1.807) is 6.92 Å². The summed E-state index contributed by atoms with van der Waals surface area (Å²) in [5, 5.41) is 10.4. The van der Waals surface area contributed by atoms with Crippen LogP contribution in [0.5, 0.6) is 0 Å². The number of carbonyl (C=O) groups excluding carboxylic acids is 2. The van der Waals surface area contributed by atoms with Gasteiger partial charge in [0.2, 0.25) is 0 Å².